The van der Waals surface area contributed by atoms with Crippen molar-refractivity contribution in [3.63, 3.8) is 0 Å². The molecule has 0 saturated carbocycles. The summed E-state index contributed by atoms with van der Waals surface area (Å²) in [5, 5.41) is 2.66. The Bertz CT molecular complexity index is 1220. The number of amides is 4. The molecule has 4 amide bonds. The van der Waals surface area contributed by atoms with E-state index in [9.17, 15) is 14.4 Å². The van der Waals surface area contributed by atoms with Gasteiger partial charge in [0, 0.05) is 9.50 Å². The standard InChI is InChI=1S/C24H16BrClN2O4/c25-17-6-4-15(5-7-17)14-32-20-3-1-2-16(12-20)13-21-22(29)27-24(31)28(23(21)30)19-10-8-18(26)9-11-19/h1-13H,14H2,(H,27,29,31)/b21-13-. The molecule has 1 saturated heterocycles. The molecule has 3 aromatic carbocycles. The van der Waals surface area contributed by atoms with Gasteiger partial charge < -0.3 is 4.74 Å². The van der Waals surface area contributed by atoms with Crippen molar-refractivity contribution in [3.8, 4) is 5.75 Å². The van der Waals surface area contributed by atoms with Crippen LogP contribution in [0.4, 0.5) is 10.5 Å². The smallest absolute Gasteiger partial charge is 0.335 e. The lowest BCUT2D eigenvalue weighted by molar-refractivity contribution is -0.122. The first-order chi connectivity index (χ1) is 15.4. The quantitative estimate of drug-likeness (QED) is 0.370. The second kappa shape index (κ2) is 9.38. The van der Waals surface area contributed by atoms with Crippen LogP contribution in [0.15, 0.2) is 82.8 Å². The van der Waals surface area contributed by atoms with Crippen molar-refractivity contribution < 1.29 is 19.1 Å². The van der Waals surface area contributed by atoms with E-state index in [1.165, 1.54) is 18.2 Å². The number of nitrogens with one attached hydrogen (secondary N) is 1. The maximum Gasteiger partial charge on any atom is 0.335 e. The predicted octanol–water partition coefficient (Wildman–Crippen LogP) is 5.35. The number of ether oxygens (including phenoxy) is 1. The Hall–Kier alpha value is -3.42. The fourth-order valence-electron chi connectivity index (χ4n) is 3.09. The van der Waals surface area contributed by atoms with E-state index in [4.69, 9.17) is 16.3 Å². The van der Waals surface area contributed by atoms with Gasteiger partial charge in [0.2, 0.25) is 0 Å². The second-order valence-electron chi connectivity index (χ2n) is 6.92. The van der Waals surface area contributed by atoms with Crippen LogP contribution >= 0.6 is 27.5 Å². The molecule has 8 heteroatoms. The third kappa shape index (κ3) is 4.90. The summed E-state index contributed by atoms with van der Waals surface area (Å²) in [6.07, 6.45) is 1.43. The second-order valence-corrected chi connectivity index (χ2v) is 8.27. The molecular formula is C24H16BrClN2O4. The van der Waals surface area contributed by atoms with Crippen LogP contribution in [-0.2, 0) is 16.2 Å². The molecule has 0 aliphatic carbocycles. The molecule has 6 nitrogen and oxygen atoms in total. The highest BCUT2D eigenvalue weighted by Gasteiger charge is 2.36. The highest BCUT2D eigenvalue weighted by molar-refractivity contribution is 9.10. The van der Waals surface area contributed by atoms with Crippen molar-refractivity contribution in [3.05, 3.63) is 99.0 Å². The van der Waals surface area contributed by atoms with Crippen LogP contribution in [0.25, 0.3) is 6.08 Å². The number of nitrogens with zero attached hydrogens (tertiary/aromatic N) is 1. The highest BCUT2D eigenvalue weighted by Crippen LogP contribution is 2.24. The number of carbonyl (C=O) groups is 3. The van der Waals surface area contributed by atoms with E-state index in [-0.39, 0.29) is 5.57 Å². The molecule has 1 heterocycles. The lowest BCUT2D eigenvalue weighted by Crippen LogP contribution is -2.54. The number of barbiturate groups is 1. The summed E-state index contributed by atoms with van der Waals surface area (Å²) >= 11 is 9.28. The zero-order valence-corrected chi connectivity index (χ0v) is 18.9. The van der Waals surface area contributed by atoms with E-state index in [1.807, 2.05) is 24.3 Å². The van der Waals surface area contributed by atoms with Crippen LogP contribution in [-0.4, -0.2) is 17.8 Å². The van der Waals surface area contributed by atoms with Gasteiger partial charge in [0.15, 0.2) is 0 Å². The van der Waals surface area contributed by atoms with Gasteiger partial charge in [-0.3, -0.25) is 14.9 Å². The van der Waals surface area contributed by atoms with Crippen LogP contribution in [0.1, 0.15) is 11.1 Å². The third-order valence-electron chi connectivity index (χ3n) is 4.67. The van der Waals surface area contributed by atoms with Gasteiger partial charge in [0.25, 0.3) is 11.8 Å². The minimum Gasteiger partial charge on any atom is -0.489 e. The molecule has 0 radical (unpaired) electrons. The zero-order chi connectivity index (χ0) is 22.7. The molecule has 32 heavy (non-hydrogen) atoms. The zero-order valence-electron chi connectivity index (χ0n) is 16.5. The Labute approximate surface area is 197 Å². The number of halogens is 2. The summed E-state index contributed by atoms with van der Waals surface area (Å²) in [6.45, 7) is 0.367. The van der Waals surface area contributed by atoms with Gasteiger partial charge in [0.05, 0.1) is 5.69 Å². The van der Waals surface area contributed by atoms with Crippen LogP contribution in [0.3, 0.4) is 0 Å². The first kappa shape index (κ1) is 21.8. The maximum atomic E-state index is 13.0. The minimum atomic E-state index is -0.814. The van der Waals surface area contributed by atoms with Gasteiger partial charge in [-0.25, -0.2) is 9.69 Å². The molecule has 0 unspecified atom stereocenters. The Morgan fingerprint density at radius 3 is 2.41 bits per heavy atom. The van der Waals surface area contributed by atoms with Gasteiger partial charge in [-0.05, 0) is 65.7 Å². The molecular weight excluding hydrogens is 496 g/mol. The maximum absolute atomic E-state index is 13.0. The van der Waals surface area contributed by atoms with Crippen molar-refractivity contribution in [2.24, 2.45) is 0 Å². The van der Waals surface area contributed by atoms with Crippen LogP contribution < -0.4 is 15.0 Å². The highest BCUT2D eigenvalue weighted by atomic mass is 79.9. The average molecular weight is 512 g/mol. The molecule has 160 valence electrons. The van der Waals surface area contributed by atoms with Crippen molar-refractivity contribution in [2.75, 3.05) is 4.90 Å². The molecule has 4 rings (SSSR count). The molecule has 1 aliphatic rings. The SMILES string of the molecule is O=C1NC(=O)N(c2ccc(Cl)cc2)C(=O)/C1=C\c1cccc(OCc2ccc(Br)cc2)c1. The fourth-order valence-corrected chi connectivity index (χ4v) is 3.48. The van der Waals surface area contributed by atoms with Gasteiger partial charge in [0.1, 0.15) is 17.9 Å². The summed E-state index contributed by atoms with van der Waals surface area (Å²) in [7, 11) is 0. The van der Waals surface area contributed by atoms with Crippen LogP contribution in [0.2, 0.25) is 5.02 Å². The Morgan fingerprint density at radius 1 is 0.969 bits per heavy atom. The summed E-state index contributed by atoms with van der Waals surface area (Å²) in [4.78, 5) is 38.5. The number of carbonyl (C=O) groups excluding carboxylic acids is 3. The van der Waals surface area contributed by atoms with Crippen LogP contribution in [0.5, 0.6) is 5.75 Å². The van der Waals surface area contributed by atoms with Gasteiger partial charge >= 0.3 is 6.03 Å². The Balaban J connectivity index is 1.56. The molecule has 1 aliphatic heterocycles. The number of urea groups is 1. The number of imide groups is 2. The van der Waals surface area contributed by atoms with Crippen molar-refractivity contribution in [2.45, 2.75) is 6.61 Å². The van der Waals surface area contributed by atoms with Crippen molar-refractivity contribution in [1.29, 1.82) is 0 Å². The first-order valence-corrected chi connectivity index (χ1v) is 10.7. The molecule has 0 aromatic heterocycles. The summed E-state index contributed by atoms with van der Waals surface area (Å²) in [5.74, 6) is -0.898. The van der Waals surface area contributed by atoms with Gasteiger partial charge in [-0.1, -0.05) is 51.8 Å². The number of hydrogen-bond acceptors (Lipinski definition) is 4. The summed E-state index contributed by atoms with van der Waals surface area (Å²) in [5.41, 5.74) is 1.73. The van der Waals surface area contributed by atoms with Gasteiger partial charge in [-0.2, -0.15) is 0 Å². The molecule has 0 bridgehead atoms. The van der Waals surface area contributed by atoms with E-state index >= 15 is 0 Å². The molecule has 1 N–H and O–H groups in total. The summed E-state index contributed by atoms with van der Waals surface area (Å²) < 4.78 is 6.81. The summed E-state index contributed by atoms with van der Waals surface area (Å²) in [6, 6.07) is 20.1. The average Bonchev–Trinajstić information content (AvgIpc) is 2.78. The van der Waals surface area contributed by atoms with Gasteiger partial charge in [-0.15, -0.1) is 0 Å². The first-order valence-electron chi connectivity index (χ1n) is 9.55. The van der Waals surface area contributed by atoms with E-state index < -0.39 is 17.8 Å². The molecule has 0 atom stereocenters. The number of rotatable bonds is 5. The Morgan fingerprint density at radius 2 is 1.69 bits per heavy atom. The molecule has 3 aromatic rings. The predicted molar refractivity (Wildman–Crippen MR) is 125 cm³/mol. The number of hydrogen-bond donors (Lipinski definition) is 1. The largest absolute Gasteiger partial charge is 0.489 e. The fraction of sp³-hybridized carbons (Fsp3) is 0.0417. The van der Waals surface area contributed by atoms with E-state index in [0.717, 1.165) is 14.9 Å². The Kier molecular flexibility index (Phi) is 6.39. The van der Waals surface area contributed by atoms with Crippen molar-refractivity contribution >= 4 is 57.1 Å². The number of anilines is 1. The molecule has 1 fully saturated rings. The minimum absolute atomic E-state index is 0.162. The van der Waals surface area contributed by atoms with Crippen LogP contribution in [0, 0.1) is 0 Å². The number of benzene rings is 3. The lowest BCUT2D eigenvalue weighted by atomic mass is 10.1. The third-order valence-corrected chi connectivity index (χ3v) is 5.46. The topological polar surface area (TPSA) is 75.7 Å². The normalized spacial score (nSPS) is 15.1. The van der Waals surface area contributed by atoms with E-state index in [2.05, 4.69) is 21.2 Å². The van der Waals surface area contributed by atoms with E-state index in [1.54, 1.807) is 36.4 Å². The molecule has 0 spiro atoms. The van der Waals surface area contributed by atoms with Crippen molar-refractivity contribution in [1.82, 2.24) is 5.32 Å². The van der Waals surface area contributed by atoms with E-state index in [0.29, 0.717) is 28.6 Å². The lowest BCUT2D eigenvalue weighted by Gasteiger charge is -2.26. The monoisotopic (exact) mass is 510 g/mol.